The molecule has 0 aliphatic heterocycles. The molecule has 3 rings (SSSR count). The van der Waals surface area contributed by atoms with Crippen LogP contribution in [0.4, 0.5) is 15.8 Å². The Kier molecular flexibility index (Phi) is 5.14. The lowest BCUT2D eigenvalue weighted by atomic mass is 10.2. The summed E-state index contributed by atoms with van der Waals surface area (Å²) in [7, 11) is -4.21. The van der Waals surface area contributed by atoms with Crippen LogP contribution in [0.15, 0.2) is 53.4 Å². The van der Waals surface area contributed by atoms with Crippen molar-refractivity contribution in [2.45, 2.75) is 25.3 Å². The predicted molar refractivity (Wildman–Crippen MR) is 101 cm³/mol. The van der Waals surface area contributed by atoms with Crippen LogP contribution in [-0.4, -0.2) is 23.1 Å². The first kappa shape index (κ1) is 19.5. The Morgan fingerprint density at radius 3 is 2.57 bits per heavy atom. The topological polar surface area (TPSA) is 107 Å². The lowest BCUT2D eigenvalue weighted by molar-refractivity contribution is -0.387. The maximum Gasteiger partial charge on any atom is 0.289 e. The molecule has 2 aromatic carbocycles. The van der Waals surface area contributed by atoms with Crippen LogP contribution in [0.25, 0.3) is 0 Å². The van der Waals surface area contributed by atoms with E-state index in [2.05, 4.69) is 9.82 Å². The zero-order valence-electron chi connectivity index (χ0n) is 15.1. The highest BCUT2D eigenvalue weighted by molar-refractivity contribution is 7.92. The molecule has 28 heavy (non-hydrogen) atoms. The highest BCUT2D eigenvalue weighted by Crippen LogP contribution is 2.28. The third-order valence-corrected chi connectivity index (χ3v) is 5.59. The molecule has 0 unspecified atom stereocenters. The standard InChI is InChI=1S/C18H17FN4O4S/c1-12-18(13(2)22(20-12)11-14-6-5-7-15(19)10-14)21-28(26,27)17-9-4-3-8-16(17)23(24)25/h3-10,21H,11H2,1-2H3. The highest BCUT2D eigenvalue weighted by atomic mass is 32.2. The van der Waals surface area contributed by atoms with Gasteiger partial charge in [-0.3, -0.25) is 19.5 Å². The molecule has 146 valence electrons. The van der Waals surface area contributed by atoms with Gasteiger partial charge in [-0.25, -0.2) is 12.8 Å². The van der Waals surface area contributed by atoms with E-state index in [1.807, 2.05) is 0 Å². The summed E-state index contributed by atoms with van der Waals surface area (Å²) in [6.07, 6.45) is 0. The summed E-state index contributed by atoms with van der Waals surface area (Å²) in [5, 5.41) is 15.5. The summed E-state index contributed by atoms with van der Waals surface area (Å²) in [6, 6.07) is 11.1. The molecule has 0 radical (unpaired) electrons. The summed E-state index contributed by atoms with van der Waals surface area (Å²) in [4.78, 5) is 9.97. The number of hydrogen-bond donors (Lipinski definition) is 1. The van der Waals surface area contributed by atoms with E-state index in [9.17, 15) is 22.9 Å². The molecule has 1 N–H and O–H groups in total. The second-order valence-corrected chi connectivity index (χ2v) is 7.81. The van der Waals surface area contributed by atoms with E-state index in [-0.39, 0.29) is 18.0 Å². The van der Waals surface area contributed by atoms with Gasteiger partial charge >= 0.3 is 0 Å². The van der Waals surface area contributed by atoms with Gasteiger partial charge < -0.3 is 0 Å². The van der Waals surface area contributed by atoms with Gasteiger partial charge in [-0.15, -0.1) is 0 Å². The monoisotopic (exact) mass is 404 g/mol. The van der Waals surface area contributed by atoms with E-state index in [1.54, 1.807) is 30.7 Å². The molecule has 0 aliphatic carbocycles. The van der Waals surface area contributed by atoms with Gasteiger partial charge in [0.2, 0.25) is 0 Å². The second kappa shape index (κ2) is 7.39. The van der Waals surface area contributed by atoms with Gasteiger partial charge in [0.15, 0.2) is 4.90 Å². The fourth-order valence-corrected chi connectivity index (χ4v) is 4.18. The SMILES string of the molecule is Cc1nn(Cc2cccc(F)c2)c(C)c1NS(=O)(=O)c1ccccc1[N+](=O)[O-]. The second-order valence-electron chi connectivity index (χ2n) is 6.16. The Bertz CT molecular complexity index is 1160. The molecular formula is C18H17FN4O4S. The van der Waals surface area contributed by atoms with Gasteiger partial charge in [0, 0.05) is 6.07 Å². The summed E-state index contributed by atoms with van der Waals surface area (Å²) in [5.74, 6) is -0.378. The maximum absolute atomic E-state index is 13.4. The third-order valence-electron chi connectivity index (χ3n) is 4.19. The summed E-state index contributed by atoms with van der Waals surface area (Å²) in [6.45, 7) is 3.53. The van der Waals surface area contributed by atoms with Crippen LogP contribution in [0, 0.1) is 29.8 Å². The zero-order chi connectivity index (χ0) is 20.5. The first-order chi connectivity index (χ1) is 13.2. The van der Waals surface area contributed by atoms with Gasteiger partial charge in [-0.05, 0) is 37.6 Å². The van der Waals surface area contributed by atoms with Crippen LogP contribution in [0.5, 0.6) is 0 Å². The summed E-state index contributed by atoms with van der Waals surface area (Å²) < 4.78 is 42.8. The van der Waals surface area contributed by atoms with E-state index >= 15 is 0 Å². The normalized spacial score (nSPS) is 11.4. The smallest absolute Gasteiger partial charge is 0.276 e. The number of anilines is 1. The number of nitrogens with zero attached hydrogens (tertiary/aromatic N) is 3. The van der Waals surface area contributed by atoms with Crippen LogP contribution in [-0.2, 0) is 16.6 Å². The Hall–Kier alpha value is -3.27. The average Bonchev–Trinajstić information content (AvgIpc) is 2.89. The van der Waals surface area contributed by atoms with Crippen LogP contribution in [0.1, 0.15) is 17.0 Å². The van der Waals surface area contributed by atoms with Crippen molar-refractivity contribution in [3.05, 3.63) is 81.4 Å². The Labute approximate surface area is 160 Å². The number of rotatable bonds is 6. The third kappa shape index (κ3) is 3.86. The average molecular weight is 404 g/mol. The zero-order valence-corrected chi connectivity index (χ0v) is 15.9. The number of aryl methyl sites for hydroxylation is 1. The predicted octanol–water partition coefficient (Wildman–Crippen LogP) is 3.40. The minimum absolute atomic E-state index is 0.231. The molecule has 0 amide bonds. The fourth-order valence-electron chi connectivity index (χ4n) is 2.83. The molecule has 0 spiro atoms. The first-order valence-electron chi connectivity index (χ1n) is 8.24. The van der Waals surface area contributed by atoms with Gasteiger partial charge in [0.25, 0.3) is 15.7 Å². The van der Waals surface area contributed by atoms with E-state index < -0.39 is 25.5 Å². The summed E-state index contributed by atoms with van der Waals surface area (Å²) in [5.41, 5.74) is 1.28. The lowest BCUT2D eigenvalue weighted by Crippen LogP contribution is -2.16. The van der Waals surface area contributed by atoms with Crippen molar-refractivity contribution in [1.29, 1.82) is 0 Å². The van der Waals surface area contributed by atoms with Crippen molar-refractivity contribution in [1.82, 2.24) is 9.78 Å². The summed E-state index contributed by atoms with van der Waals surface area (Å²) >= 11 is 0. The minimum Gasteiger partial charge on any atom is -0.276 e. The van der Waals surface area contributed by atoms with Crippen LogP contribution in [0.3, 0.4) is 0 Å². The van der Waals surface area contributed by atoms with Crippen molar-refractivity contribution in [2.75, 3.05) is 4.72 Å². The number of nitrogens with one attached hydrogen (secondary N) is 1. The minimum atomic E-state index is -4.21. The number of hydrogen-bond acceptors (Lipinski definition) is 5. The molecule has 0 saturated heterocycles. The number of nitro groups is 1. The molecule has 1 heterocycles. The number of benzene rings is 2. The molecule has 10 heteroatoms. The number of halogens is 1. The molecule has 0 saturated carbocycles. The molecule has 8 nitrogen and oxygen atoms in total. The van der Waals surface area contributed by atoms with Gasteiger partial charge in [-0.2, -0.15) is 5.10 Å². The number of sulfonamides is 1. The van der Waals surface area contributed by atoms with Gasteiger partial charge in [0.05, 0.1) is 28.5 Å². The van der Waals surface area contributed by atoms with E-state index in [0.717, 1.165) is 6.07 Å². The Morgan fingerprint density at radius 1 is 1.18 bits per heavy atom. The van der Waals surface area contributed by atoms with E-state index in [1.165, 1.54) is 30.3 Å². The van der Waals surface area contributed by atoms with Crippen LogP contribution in [0.2, 0.25) is 0 Å². The fraction of sp³-hybridized carbons (Fsp3) is 0.167. The number of para-hydroxylation sites is 1. The molecule has 1 aromatic heterocycles. The van der Waals surface area contributed by atoms with Gasteiger partial charge in [-0.1, -0.05) is 24.3 Å². The quantitative estimate of drug-likeness (QED) is 0.500. The molecule has 0 bridgehead atoms. The number of nitro benzene ring substituents is 1. The first-order valence-corrected chi connectivity index (χ1v) is 9.72. The highest BCUT2D eigenvalue weighted by Gasteiger charge is 2.27. The van der Waals surface area contributed by atoms with Crippen molar-refractivity contribution in [3.8, 4) is 0 Å². The van der Waals surface area contributed by atoms with Crippen molar-refractivity contribution in [3.63, 3.8) is 0 Å². The largest absolute Gasteiger partial charge is 0.289 e. The van der Waals surface area contributed by atoms with Crippen molar-refractivity contribution in [2.24, 2.45) is 0 Å². The van der Waals surface area contributed by atoms with Crippen molar-refractivity contribution < 1.29 is 17.7 Å². The molecule has 0 fully saturated rings. The molecule has 3 aromatic rings. The van der Waals surface area contributed by atoms with Crippen LogP contribution >= 0.6 is 0 Å². The molecular weight excluding hydrogens is 387 g/mol. The Morgan fingerprint density at radius 2 is 1.89 bits per heavy atom. The van der Waals surface area contributed by atoms with Crippen LogP contribution < -0.4 is 4.72 Å². The van der Waals surface area contributed by atoms with E-state index in [4.69, 9.17) is 0 Å². The van der Waals surface area contributed by atoms with Gasteiger partial charge in [0.1, 0.15) is 5.82 Å². The van der Waals surface area contributed by atoms with Crippen molar-refractivity contribution >= 4 is 21.4 Å². The number of aromatic nitrogens is 2. The molecule has 0 aliphatic rings. The maximum atomic E-state index is 13.4. The Balaban J connectivity index is 1.95. The molecule has 0 atom stereocenters. The van der Waals surface area contributed by atoms with E-state index in [0.29, 0.717) is 17.0 Å². The lowest BCUT2D eigenvalue weighted by Gasteiger charge is -2.09.